The van der Waals surface area contributed by atoms with E-state index in [1.807, 2.05) is 66.7 Å². The van der Waals surface area contributed by atoms with E-state index in [1.54, 1.807) is 6.26 Å². The van der Waals surface area contributed by atoms with Gasteiger partial charge < -0.3 is 0 Å². The molecular formula is C25H26BrNO2S. The van der Waals surface area contributed by atoms with Gasteiger partial charge in [0.05, 0.1) is 6.04 Å². The Morgan fingerprint density at radius 2 is 1.20 bits per heavy atom. The maximum Gasteiger partial charge on any atom is 0.176 e. The summed E-state index contributed by atoms with van der Waals surface area (Å²) in [6.45, 7) is 1.27. The summed E-state index contributed by atoms with van der Waals surface area (Å²) in [6.07, 6.45) is 2.13. The number of hydrogen-bond donors (Lipinski definition) is 0. The second-order valence-electron chi connectivity index (χ2n) is 7.30. The maximum absolute atomic E-state index is 13.4. The van der Waals surface area contributed by atoms with Gasteiger partial charge in [0.2, 0.25) is 0 Å². The lowest BCUT2D eigenvalue weighted by atomic mass is 9.99. The SMILES string of the molecule is CS(=O)C(Br)C(=O)[C@H](Cc1ccccc1)N(Cc1ccccc1)Cc1ccccc1. The van der Waals surface area contributed by atoms with Crippen LogP contribution in [-0.2, 0) is 35.1 Å². The number of carbonyl (C=O) groups is 1. The van der Waals surface area contributed by atoms with Crippen molar-refractivity contribution in [1.29, 1.82) is 0 Å². The molecule has 3 nitrogen and oxygen atoms in total. The summed E-state index contributed by atoms with van der Waals surface area (Å²) in [5.74, 6) is -0.0495. The van der Waals surface area contributed by atoms with Gasteiger partial charge in [0.1, 0.15) is 4.16 Å². The minimum Gasteiger partial charge on any atom is -0.296 e. The lowest BCUT2D eigenvalue weighted by molar-refractivity contribution is -0.122. The fourth-order valence-electron chi connectivity index (χ4n) is 3.47. The van der Waals surface area contributed by atoms with Crippen LogP contribution < -0.4 is 0 Å². The zero-order valence-electron chi connectivity index (χ0n) is 17.0. The highest BCUT2D eigenvalue weighted by Gasteiger charge is 2.32. The van der Waals surface area contributed by atoms with E-state index in [4.69, 9.17) is 0 Å². The first-order valence-corrected chi connectivity index (χ1v) is 12.4. The predicted octanol–water partition coefficient (Wildman–Crippen LogP) is 4.97. The molecule has 2 unspecified atom stereocenters. The second kappa shape index (κ2) is 11.3. The second-order valence-corrected chi connectivity index (χ2v) is 10.3. The highest BCUT2D eigenvalue weighted by molar-refractivity contribution is 9.11. The molecule has 0 N–H and O–H groups in total. The van der Waals surface area contributed by atoms with Crippen molar-refractivity contribution >= 4 is 32.5 Å². The summed E-state index contributed by atoms with van der Waals surface area (Å²) in [7, 11) is -1.29. The van der Waals surface area contributed by atoms with E-state index in [1.165, 1.54) is 0 Å². The molecule has 0 aliphatic heterocycles. The van der Waals surface area contributed by atoms with Crippen LogP contribution in [0.2, 0.25) is 0 Å². The van der Waals surface area contributed by atoms with Crippen LogP contribution in [0.4, 0.5) is 0 Å². The normalized spacial score (nSPS) is 14.2. The molecule has 0 fully saturated rings. The molecule has 0 heterocycles. The monoisotopic (exact) mass is 483 g/mol. The summed E-state index contributed by atoms with van der Waals surface area (Å²) in [4.78, 5) is 15.6. The minimum atomic E-state index is -1.29. The van der Waals surface area contributed by atoms with Crippen molar-refractivity contribution < 1.29 is 9.00 Å². The Kier molecular flexibility index (Phi) is 8.55. The van der Waals surface area contributed by atoms with Crippen molar-refractivity contribution in [2.45, 2.75) is 29.7 Å². The maximum atomic E-state index is 13.4. The van der Waals surface area contributed by atoms with Crippen molar-refractivity contribution in [3.8, 4) is 0 Å². The van der Waals surface area contributed by atoms with Gasteiger partial charge in [0, 0.05) is 30.1 Å². The molecule has 156 valence electrons. The van der Waals surface area contributed by atoms with Crippen LogP contribution in [0.25, 0.3) is 0 Å². The molecule has 0 aromatic heterocycles. The number of nitrogens with zero attached hydrogens (tertiary/aromatic N) is 1. The van der Waals surface area contributed by atoms with Crippen LogP contribution >= 0.6 is 15.9 Å². The fourth-order valence-corrected chi connectivity index (χ4v) is 4.26. The highest BCUT2D eigenvalue weighted by atomic mass is 79.9. The molecule has 0 aliphatic rings. The highest BCUT2D eigenvalue weighted by Crippen LogP contribution is 2.21. The Hall–Kier alpha value is -2.08. The van der Waals surface area contributed by atoms with Crippen molar-refractivity contribution in [2.75, 3.05) is 6.26 Å². The first-order chi connectivity index (χ1) is 14.5. The molecule has 3 aromatic rings. The zero-order valence-corrected chi connectivity index (χ0v) is 19.4. The number of rotatable bonds is 10. The number of Topliss-reactive ketones (excluding diaryl/α,β-unsaturated/α-hetero) is 1. The minimum absolute atomic E-state index is 0.0495. The molecule has 3 aromatic carbocycles. The summed E-state index contributed by atoms with van der Waals surface area (Å²) >= 11 is 3.38. The summed E-state index contributed by atoms with van der Waals surface area (Å²) in [5, 5.41) is 0. The lowest BCUT2D eigenvalue weighted by Gasteiger charge is -2.32. The van der Waals surface area contributed by atoms with E-state index in [0.29, 0.717) is 19.5 Å². The average molecular weight is 484 g/mol. The number of halogens is 1. The molecule has 0 saturated carbocycles. The summed E-state index contributed by atoms with van der Waals surface area (Å²) in [5.41, 5.74) is 3.37. The standard InChI is InChI=1S/C25H26BrNO2S/c1-30(29)25(26)24(28)23(17-20-11-5-2-6-12-20)27(18-21-13-7-3-8-14-21)19-22-15-9-4-10-16-22/h2-16,23,25H,17-19H2,1H3/t23-,25?,30?/m0/s1. The van der Waals surface area contributed by atoms with Gasteiger partial charge in [0.25, 0.3) is 0 Å². The lowest BCUT2D eigenvalue weighted by Crippen LogP contribution is -2.45. The predicted molar refractivity (Wildman–Crippen MR) is 128 cm³/mol. The van der Waals surface area contributed by atoms with Crippen LogP contribution in [-0.4, -0.2) is 31.3 Å². The average Bonchev–Trinajstić information content (AvgIpc) is 2.78. The zero-order chi connectivity index (χ0) is 21.3. The van der Waals surface area contributed by atoms with Crippen LogP contribution in [0.3, 0.4) is 0 Å². The van der Waals surface area contributed by atoms with Gasteiger partial charge in [-0.3, -0.25) is 13.9 Å². The molecule has 0 amide bonds. The van der Waals surface area contributed by atoms with Crippen molar-refractivity contribution in [2.24, 2.45) is 0 Å². The Balaban J connectivity index is 1.96. The third-order valence-electron chi connectivity index (χ3n) is 5.01. The summed E-state index contributed by atoms with van der Waals surface area (Å²) in [6, 6.07) is 30.0. The Bertz CT molecular complexity index is 909. The largest absolute Gasteiger partial charge is 0.296 e. The number of alkyl halides is 1. The van der Waals surface area contributed by atoms with E-state index in [2.05, 4.69) is 45.1 Å². The van der Waals surface area contributed by atoms with Crippen molar-refractivity contribution in [3.05, 3.63) is 108 Å². The third-order valence-corrected chi connectivity index (χ3v) is 7.86. The molecule has 3 atom stereocenters. The van der Waals surface area contributed by atoms with Crippen molar-refractivity contribution in [1.82, 2.24) is 4.90 Å². The van der Waals surface area contributed by atoms with E-state index < -0.39 is 21.0 Å². The van der Waals surface area contributed by atoms with Crippen LogP contribution in [0, 0.1) is 0 Å². The molecule has 0 saturated heterocycles. The molecule has 3 rings (SSSR count). The Morgan fingerprint density at radius 1 is 0.800 bits per heavy atom. The summed E-state index contributed by atoms with van der Waals surface area (Å²) < 4.78 is 11.4. The van der Waals surface area contributed by atoms with E-state index in [9.17, 15) is 9.00 Å². The van der Waals surface area contributed by atoms with Gasteiger partial charge in [-0.1, -0.05) is 107 Å². The third kappa shape index (κ3) is 6.46. The van der Waals surface area contributed by atoms with E-state index in [-0.39, 0.29) is 5.78 Å². The molecule has 0 aliphatic carbocycles. The quantitative estimate of drug-likeness (QED) is 0.382. The molecule has 0 radical (unpaired) electrons. The van der Waals surface area contributed by atoms with Crippen LogP contribution in [0.1, 0.15) is 16.7 Å². The van der Waals surface area contributed by atoms with Crippen LogP contribution in [0.15, 0.2) is 91.0 Å². The molecule has 0 bridgehead atoms. The van der Waals surface area contributed by atoms with Gasteiger partial charge in [0.15, 0.2) is 5.78 Å². The van der Waals surface area contributed by atoms with Crippen molar-refractivity contribution in [3.63, 3.8) is 0 Å². The topological polar surface area (TPSA) is 37.4 Å². The molecule has 5 heteroatoms. The molecule has 30 heavy (non-hydrogen) atoms. The Morgan fingerprint density at radius 3 is 1.60 bits per heavy atom. The van der Waals surface area contributed by atoms with Crippen LogP contribution in [0.5, 0.6) is 0 Å². The fraction of sp³-hybridized carbons (Fsp3) is 0.240. The molecular weight excluding hydrogens is 458 g/mol. The smallest absolute Gasteiger partial charge is 0.176 e. The van der Waals surface area contributed by atoms with Gasteiger partial charge in [-0.05, 0) is 23.1 Å². The van der Waals surface area contributed by atoms with E-state index in [0.717, 1.165) is 16.7 Å². The number of benzene rings is 3. The Labute approximate surface area is 189 Å². The number of ketones is 1. The van der Waals surface area contributed by atoms with Gasteiger partial charge in [-0.2, -0.15) is 0 Å². The number of hydrogen-bond acceptors (Lipinski definition) is 3. The van der Waals surface area contributed by atoms with E-state index >= 15 is 0 Å². The van der Waals surface area contributed by atoms with Gasteiger partial charge in [-0.15, -0.1) is 0 Å². The van der Waals surface area contributed by atoms with Gasteiger partial charge >= 0.3 is 0 Å². The number of carbonyl (C=O) groups excluding carboxylic acids is 1. The first kappa shape index (κ1) is 22.6. The van der Waals surface area contributed by atoms with Gasteiger partial charge in [-0.25, -0.2) is 0 Å². The first-order valence-electron chi connectivity index (χ1n) is 9.90. The molecule has 0 spiro atoms.